The van der Waals surface area contributed by atoms with Crippen LogP contribution in [0.2, 0.25) is 0 Å². The van der Waals surface area contributed by atoms with Gasteiger partial charge in [0.1, 0.15) is 0 Å². The Hall–Kier alpha value is -5.02. The summed E-state index contributed by atoms with van der Waals surface area (Å²) in [4.78, 5) is 0. The zero-order chi connectivity index (χ0) is 51.4. The molecule has 4 nitrogen and oxygen atoms in total. The summed E-state index contributed by atoms with van der Waals surface area (Å²) in [5.41, 5.74) is 22.1. The standard InChI is InChI=1S/C64H50O4S8/c1-65-49-25-45-46(26-50(49)66-2)54-34-14-10-9-13-33(34)53(45)37-17-29-21-41-42(22-30(29)18-38(37)54)58(60-75-63(71-7)64(72-8)76-60)44-24-32-20-40-39(19-31(32)23-43(44)57(41)59-73-61(69-5)62(70-6)74-59)55-35-15-11-12-16-36(35)56(40)48-28-52(68-4)51(67-3)27-47(48)55/h9-28,53-58H,1-8H3/q+2. The van der Waals surface area contributed by atoms with E-state index >= 15 is 0 Å². The second kappa shape index (κ2) is 18.3. The van der Waals surface area contributed by atoms with Crippen LogP contribution in [0.25, 0.3) is 21.5 Å². The van der Waals surface area contributed by atoms with Gasteiger partial charge in [-0.05, 0) is 208 Å². The predicted molar refractivity (Wildman–Crippen MR) is 326 cm³/mol. The lowest BCUT2D eigenvalue weighted by atomic mass is 9.60. The fourth-order valence-electron chi connectivity index (χ4n) is 13.9. The molecule has 4 unspecified atom stereocenters. The van der Waals surface area contributed by atoms with Crippen LogP contribution in [0.4, 0.5) is 0 Å². The van der Waals surface area contributed by atoms with Crippen molar-refractivity contribution >= 4 is 114 Å². The van der Waals surface area contributed by atoms with Gasteiger partial charge in [-0.3, -0.25) is 0 Å². The van der Waals surface area contributed by atoms with Gasteiger partial charge in [0.2, 0.25) is 16.8 Å². The number of hydrogen-bond donors (Lipinski definition) is 0. The molecule has 0 radical (unpaired) electrons. The highest BCUT2D eigenvalue weighted by Crippen LogP contribution is 2.63. The Morgan fingerprint density at radius 3 is 0.763 bits per heavy atom. The summed E-state index contributed by atoms with van der Waals surface area (Å²) < 4.78 is 32.4. The maximum atomic E-state index is 5.97. The molecule has 17 rings (SSSR count). The summed E-state index contributed by atoms with van der Waals surface area (Å²) in [5.74, 6) is 3.56. The Morgan fingerprint density at radius 2 is 0.553 bits per heavy atom. The summed E-state index contributed by atoms with van der Waals surface area (Å²) >= 11 is 15.5. The first-order valence-corrected chi connectivity index (χ1v) is 33.5. The molecule has 7 aliphatic carbocycles. The number of ether oxygens (including phenoxy) is 4. The van der Waals surface area contributed by atoms with Gasteiger partial charge < -0.3 is 18.9 Å². The summed E-state index contributed by atoms with van der Waals surface area (Å²) in [6.45, 7) is 0. The van der Waals surface area contributed by atoms with Gasteiger partial charge in [-0.25, -0.2) is 0 Å². The lowest BCUT2D eigenvalue weighted by Crippen LogP contribution is -2.28. The fraction of sp³-hybridized carbons (Fsp3) is 0.219. The van der Waals surface area contributed by atoms with Crippen molar-refractivity contribution in [2.45, 2.75) is 52.3 Å². The molecule has 0 fully saturated rings. The van der Waals surface area contributed by atoms with Gasteiger partial charge in [0.15, 0.2) is 23.0 Å². The van der Waals surface area contributed by atoms with Crippen LogP contribution in [0.1, 0.15) is 133 Å². The fourth-order valence-corrected chi connectivity index (χ4v) is 24.5. The summed E-state index contributed by atoms with van der Waals surface area (Å²) in [7, 11) is 7.00. The van der Waals surface area contributed by atoms with Crippen molar-refractivity contribution in [1.82, 2.24) is 0 Å². The molecule has 12 heteroatoms. The lowest BCUT2D eigenvalue weighted by Gasteiger charge is -2.43. The maximum Gasteiger partial charge on any atom is 0.268 e. The van der Waals surface area contributed by atoms with E-state index in [1.807, 2.05) is 92.4 Å². The third-order valence-electron chi connectivity index (χ3n) is 17.0. The third kappa shape index (κ3) is 6.77. The van der Waals surface area contributed by atoms with Gasteiger partial charge in [-0.15, -0.1) is 0 Å². The van der Waals surface area contributed by atoms with Gasteiger partial charge in [0.05, 0.1) is 85.6 Å². The zero-order valence-electron chi connectivity index (χ0n) is 42.9. The van der Waals surface area contributed by atoms with Crippen LogP contribution in [0.15, 0.2) is 138 Å². The number of benzene rings is 8. The molecule has 2 aromatic heterocycles. The maximum absolute atomic E-state index is 5.97. The van der Waals surface area contributed by atoms with E-state index < -0.39 is 0 Å². The largest absolute Gasteiger partial charge is 0.493 e. The molecule has 0 N–H and O–H groups in total. The minimum absolute atomic E-state index is 0.0539. The van der Waals surface area contributed by atoms with Crippen molar-refractivity contribution < 1.29 is 18.9 Å². The van der Waals surface area contributed by atoms with Crippen molar-refractivity contribution in [2.24, 2.45) is 0 Å². The highest BCUT2D eigenvalue weighted by atomic mass is 32.2. The quantitative estimate of drug-likeness (QED) is 0.0991. The van der Waals surface area contributed by atoms with Crippen molar-refractivity contribution in [3.8, 4) is 23.0 Å². The van der Waals surface area contributed by atoms with Gasteiger partial charge in [0.25, 0.3) is 8.38 Å². The third-order valence-corrected chi connectivity index (χ3v) is 27.6. The van der Waals surface area contributed by atoms with E-state index in [1.165, 1.54) is 136 Å². The van der Waals surface area contributed by atoms with Gasteiger partial charge >= 0.3 is 0 Å². The average Bonchev–Trinajstić information content (AvgIpc) is 4.12. The molecule has 0 aliphatic heterocycles. The molecule has 0 saturated heterocycles. The van der Waals surface area contributed by atoms with E-state index in [0.29, 0.717) is 0 Å². The van der Waals surface area contributed by atoms with Crippen molar-refractivity contribution in [2.75, 3.05) is 53.5 Å². The van der Waals surface area contributed by atoms with E-state index in [9.17, 15) is 0 Å². The number of fused-ring (bicyclic) bond motifs is 4. The highest BCUT2D eigenvalue weighted by Gasteiger charge is 2.48. The summed E-state index contributed by atoms with van der Waals surface area (Å²) in [6.07, 6.45) is 8.96. The van der Waals surface area contributed by atoms with Crippen molar-refractivity contribution in [3.63, 3.8) is 0 Å². The number of hydrogen-bond acceptors (Lipinski definition) is 10. The van der Waals surface area contributed by atoms with Crippen LogP contribution < -0.4 is 18.9 Å². The second-order valence-electron chi connectivity index (χ2n) is 20.2. The SMILES string of the molecule is COc1cc2c(cc1OC)C1c3ccccc3C2c2cc3cc4c(cc3cc21)C(c1sc(SC)c(SC)[s+]1)c1cc2cc3c(cc2cc1C4c1sc(SC)c(SC)[s+]1)C1c2ccccc2C3c2cc(OC)c(OC)cc21. The molecule has 4 bridgehead atoms. The molecule has 76 heavy (non-hydrogen) atoms. The Bertz CT molecular complexity index is 3620. The molecular formula is C64H50O4S8+2. The smallest absolute Gasteiger partial charge is 0.268 e. The molecule has 2 heterocycles. The minimum Gasteiger partial charge on any atom is -0.493 e. The normalized spacial score (nSPS) is 19.5. The number of rotatable bonds is 10. The monoisotopic (exact) mass is 1140 g/mol. The van der Waals surface area contributed by atoms with Crippen LogP contribution in [0, 0.1) is 0 Å². The molecular weight excluding hydrogens is 1090 g/mol. The molecule has 8 aromatic carbocycles. The Labute approximate surface area is 476 Å². The summed E-state index contributed by atoms with van der Waals surface area (Å²) in [6, 6.07) is 47.9. The number of thioether (sulfide) groups is 4. The van der Waals surface area contributed by atoms with E-state index in [0.717, 1.165) is 23.0 Å². The van der Waals surface area contributed by atoms with Crippen molar-refractivity contribution in [1.29, 1.82) is 0 Å². The van der Waals surface area contributed by atoms with E-state index in [1.54, 1.807) is 28.4 Å². The lowest BCUT2D eigenvalue weighted by molar-refractivity contribution is 0.353. The Morgan fingerprint density at radius 1 is 0.316 bits per heavy atom. The molecule has 7 aliphatic rings. The van der Waals surface area contributed by atoms with Crippen LogP contribution >= 0.6 is 92.4 Å². The minimum atomic E-state index is 0.0539. The van der Waals surface area contributed by atoms with E-state index in [4.69, 9.17) is 18.9 Å². The molecule has 10 aromatic rings. The van der Waals surface area contributed by atoms with E-state index in [-0.39, 0.29) is 35.5 Å². The molecule has 0 spiro atoms. The highest BCUT2D eigenvalue weighted by molar-refractivity contribution is 8.04. The molecule has 376 valence electrons. The Balaban J connectivity index is 0.996. The first kappa shape index (κ1) is 48.1. The first-order chi connectivity index (χ1) is 37.3. The van der Waals surface area contributed by atoms with Crippen LogP contribution in [-0.4, -0.2) is 53.5 Å². The van der Waals surface area contributed by atoms with Crippen molar-refractivity contribution in [3.05, 3.63) is 219 Å². The van der Waals surface area contributed by atoms with Crippen LogP contribution in [0.3, 0.4) is 0 Å². The van der Waals surface area contributed by atoms with Crippen LogP contribution in [-0.2, 0) is 0 Å². The van der Waals surface area contributed by atoms with E-state index in [2.05, 4.69) is 146 Å². The average molecular weight is 1140 g/mol. The predicted octanol–water partition coefficient (Wildman–Crippen LogP) is 18.4. The van der Waals surface area contributed by atoms with Gasteiger partial charge in [-0.2, -0.15) is 0 Å². The second-order valence-corrected chi connectivity index (χ2v) is 29.2. The van der Waals surface area contributed by atoms with Crippen LogP contribution in [0.5, 0.6) is 23.0 Å². The van der Waals surface area contributed by atoms with Gasteiger partial charge in [-0.1, -0.05) is 95.6 Å². The molecule has 0 saturated carbocycles. The molecule has 4 atom stereocenters. The van der Waals surface area contributed by atoms with Gasteiger partial charge in [0, 0.05) is 23.7 Å². The summed E-state index contributed by atoms with van der Waals surface area (Å²) in [5, 5.41) is 5.20. The molecule has 0 amide bonds. The Kier molecular flexibility index (Phi) is 11.6. The first-order valence-electron chi connectivity index (χ1n) is 25.3. The number of methoxy groups -OCH3 is 4. The zero-order valence-corrected chi connectivity index (χ0v) is 49.4. The topological polar surface area (TPSA) is 36.9 Å².